The molecule has 0 amide bonds. The fourth-order valence-electron chi connectivity index (χ4n) is 2.70. The van der Waals surface area contributed by atoms with Crippen LogP contribution in [0.15, 0.2) is 6.07 Å². The molecule has 20 heavy (non-hydrogen) atoms. The van der Waals surface area contributed by atoms with Gasteiger partial charge in [-0.15, -0.1) is 0 Å². The fraction of sp³-hybridized carbons (Fsp3) is 0.643. The van der Waals surface area contributed by atoms with Gasteiger partial charge in [0, 0.05) is 6.54 Å². The van der Waals surface area contributed by atoms with E-state index in [-0.39, 0.29) is 0 Å². The van der Waals surface area contributed by atoms with Gasteiger partial charge in [-0.05, 0) is 24.3 Å². The Kier molecular flexibility index (Phi) is 5.75. The SMILES string of the molecule is CC1CCC(CCNc2nc(NN)c(Cl)cc2Cl)CC1. The molecule has 0 aromatic carbocycles. The number of pyridine rings is 1. The molecule has 0 spiro atoms. The second-order valence-corrected chi connectivity index (χ2v) is 6.45. The van der Waals surface area contributed by atoms with E-state index in [0.29, 0.717) is 21.7 Å². The number of aromatic nitrogens is 1. The lowest BCUT2D eigenvalue weighted by Crippen LogP contribution is -2.16. The Labute approximate surface area is 130 Å². The Morgan fingerprint density at radius 2 is 1.85 bits per heavy atom. The summed E-state index contributed by atoms with van der Waals surface area (Å²) in [6.45, 7) is 3.21. The van der Waals surface area contributed by atoms with Gasteiger partial charge in [0.2, 0.25) is 0 Å². The van der Waals surface area contributed by atoms with Gasteiger partial charge in [-0.3, -0.25) is 0 Å². The zero-order valence-corrected chi connectivity index (χ0v) is 13.3. The molecule has 0 aliphatic heterocycles. The summed E-state index contributed by atoms with van der Waals surface area (Å²) in [6.07, 6.45) is 6.52. The maximum absolute atomic E-state index is 6.12. The number of nitrogen functional groups attached to an aromatic ring is 1. The fourth-order valence-corrected chi connectivity index (χ4v) is 3.18. The van der Waals surface area contributed by atoms with Crippen LogP contribution in [0.5, 0.6) is 0 Å². The molecule has 1 aromatic rings. The molecule has 1 heterocycles. The molecular weight excluding hydrogens is 295 g/mol. The van der Waals surface area contributed by atoms with Crippen LogP contribution in [0.4, 0.5) is 11.6 Å². The van der Waals surface area contributed by atoms with Crippen molar-refractivity contribution in [3.8, 4) is 0 Å². The maximum atomic E-state index is 6.12. The summed E-state index contributed by atoms with van der Waals surface area (Å²) < 4.78 is 0. The van der Waals surface area contributed by atoms with E-state index < -0.39 is 0 Å². The first kappa shape index (κ1) is 15.7. The van der Waals surface area contributed by atoms with Crippen molar-refractivity contribution < 1.29 is 0 Å². The second kappa shape index (κ2) is 7.34. The van der Waals surface area contributed by atoms with Crippen molar-refractivity contribution in [2.75, 3.05) is 17.3 Å². The van der Waals surface area contributed by atoms with Gasteiger partial charge >= 0.3 is 0 Å². The molecule has 1 aromatic heterocycles. The van der Waals surface area contributed by atoms with E-state index in [1.54, 1.807) is 6.07 Å². The van der Waals surface area contributed by atoms with Gasteiger partial charge in [0.25, 0.3) is 0 Å². The molecule has 1 saturated carbocycles. The average molecular weight is 317 g/mol. The maximum Gasteiger partial charge on any atom is 0.161 e. The van der Waals surface area contributed by atoms with E-state index in [1.165, 1.54) is 25.7 Å². The molecule has 0 saturated heterocycles. The minimum Gasteiger partial charge on any atom is -0.369 e. The number of nitrogens with one attached hydrogen (secondary N) is 2. The van der Waals surface area contributed by atoms with Crippen LogP contribution in [0.25, 0.3) is 0 Å². The Morgan fingerprint density at radius 1 is 1.20 bits per heavy atom. The molecule has 0 bridgehead atoms. The van der Waals surface area contributed by atoms with E-state index >= 15 is 0 Å². The van der Waals surface area contributed by atoms with Crippen LogP contribution >= 0.6 is 23.2 Å². The third-order valence-electron chi connectivity index (χ3n) is 4.05. The highest BCUT2D eigenvalue weighted by Crippen LogP contribution is 2.31. The zero-order chi connectivity index (χ0) is 14.5. The van der Waals surface area contributed by atoms with Crippen LogP contribution in [-0.4, -0.2) is 11.5 Å². The topological polar surface area (TPSA) is 63.0 Å². The van der Waals surface area contributed by atoms with Gasteiger partial charge in [-0.2, -0.15) is 0 Å². The van der Waals surface area contributed by atoms with Crippen molar-refractivity contribution in [2.24, 2.45) is 17.7 Å². The minimum atomic E-state index is 0.421. The minimum absolute atomic E-state index is 0.421. The van der Waals surface area contributed by atoms with Gasteiger partial charge in [0.15, 0.2) is 5.82 Å². The zero-order valence-electron chi connectivity index (χ0n) is 11.8. The number of hydrogen-bond acceptors (Lipinski definition) is 4. The Morgan fingerprint density at radius 3 is 2.50 bits per heavy atom. The third-order valence-corrected chi connectivity index (χ3v) is 4.62. The Bertz CT molecular complexity index is 445. The number of nitrogens with two attached hydrogens (primary N) is 1. The number of rotatable bonds is 5. The lowest BCUT2D eigenvalue weighted by molar-refractivity contribution is 0.282. The normalized spacial score (nSPS) is 22.6. The molecule has 4 N–H and O–H groups in total. The molecule has 4 nitrogen and oxygen atoms in total. The number of hydrogen-bond donors (Lipinski definition) is 3. The van der Waals surface area contributed by atoms with E-state index in [0.717, 1.165) is 24.8 Å². The first-order valence-corrected chi connectivity index (χ1v) is 7.92. The standard InChI is InChI=1S/C14H22Cl2N4/c1-9-2-4-10(5-3-9)6-7-18-13-11(15)8-12(16)14(19-13)20-17/h8-10H,2-7,17H2,1H3,(H2,18,19,20). The highest BCUT2D eigenvalue weighted by molar-refractivity contribution is 6.37. The molecule has 1 aliphatic carbocycles. The van der Waals surface area contributed by atoms with Gasteiger partial charge in [-0.25, -0.2) is 10.8 Å². The summed E-state index contributed by atoms with van der Waals surface area (Å²) in [5.41, 5.74) is 2.47. The van der Waals surface area contributed by atoms with E-state index in [1.807, 2.05) is 0 Å². The van der Waals surface area contributed by atoms with Crippen molar-refractivity contribution in [2.45, 2.75) is 39.0 Å². The predicted molar refractivity (Wildman–Crippen MR) is 86.3 cm³/mol. The number of hydrazine groups is 1. The molecule has 6 heteroatoms. The number of anilines is 2. The van der Waals surface area contributed by atoms with Gasteiger partial charge in [0.05, 0.1) is 10.0 Å². The molecule has 0 atom stereocenters. The lowest BCUT2D eigenvalue weighted by Gasteiger charge is -2.26. The van der Waals surface area contributed by atoms with Crippen LogP contribution < -0.4 is 16.6 Å². The number of nitrogens with zero attached hydrogens (tertiary/aromatic N) is 1. The first-order chi connectivity index (χ1) is 9.60. The van der Waals surface area contributed by atoms with Crippen LogP contribution in [0.3, 0.4) is 0 Å². The molecule has 1 fully saturated rings. The molecule has 2 rings (SSSR count). The highest BCUT2D eigenvalue weighted by atomic mass is 35.5. The summed E-state index contributed by atoms with van der Waals surface area (Å²) in [4.78, 5) is 4.27. The Hall–Kier alpha value is -0.710. The first-order valence-electron chi connectivity index (χ1n) is 7.16. The molecule has 1 aliphatic rings. The van der Waals surface area contributed by atoms with Crippen molar-refractivity contribution in [1.29, 1.82) is 0 Å². The third kappa shape index (κ3) is 4.14. The second-order valence-electron chi connectivity index (χ2n) is 5.63. The van der Waals surface area contributed by atoms with E-state index in [2.05, 4.69) is 22.7 Å². The smallest absolute Gasteiger partial charge is 0.161 e. The van der Waals surface area contributed by atoms with Gasteiger partial charge in [0.1, 0.15) is 5.82 Å². The van der Waals surface area contributed by atoms with Crippen molar-refractivity contribution in [3.63, 3.8) is 0 Å². The summed E-state index contributed by atoms with van der Waals surface area (Å²) >= 11 is 12.1. The lowest BCUT2D eigenvalue weighted by atomic mass is 9.81. The van der Waals surface area contributed by atoms with E-state index in [4.69, 9.17) is 29.0 Å². The number of halogens is 2. The summed E-state index contributed by atoms with van der Waals surface area (Å²) in [5, 5.41) is 4.22. The largest absolute Gasteiger partial charge is 0.369 e. The quantitative estimate of drug-likeness (QED) is 0.559. The van der Waals surface area contributed by atoms with Crippen LogP contribution in [0.2, 0.25) is 10.0 Å². The molecule has 0 radical (unpaired) electrons. The van der Waals surface area contributed by atoms with Crippen LogP contribution in [-0.2, 0) is 0 Å². The summed E-state index contributed by atoms with van der Waals surface area (Å²) in [5.74, 6) is 8.14. The van der Waals surface area contributed by atoms with Gasteiger partial charge < -0.3 is 10.7 Å². The van der Waals surface area contributed by atoms with E-state index in [9.17, 15) is 0 Å². The summed E-state index contributed by atoms with van der Waals surface area (Å²) in [7, 11) is 0. The molecular formula is C14H22Cl2N4. The molecule has 0 unspecified atom stereocenters. The average Bonchev–Trinajstić information content (AvgIpc) is 2.43. The van der Waals surface area contributed by atoms with Crippen molar-refractivity contribution in [1.82, 2.24) is 4.98 Å². The molecule has 112 valence electrons. The Balaban J connectivity index is 1.85. The predicted octanol–water partition coefficient (Wildman–Crippen LogP) is 4.30. The van der Waals surface area contributed by atoms with Crippen LogP contribution in [0.1, 0.15) is 39.0 Å². The van der Waals surface area contributed by atoms with Gasteiger partial charge in [-0.1, -0.05) is 55.8 Å². The highest BCUT2D eigenvalue weighted by Gasteiger charge is 2.18. The monoisotopic (exact) mass is 316 g/mol. The summed E-state index contributed by atoms with van der Waals surface area (Å²) in [6, 6.07) is 1.65. The van der Waals surface area contributed by atoms with Crippen molar-refractivity contribution in [3.05, 3.63) is 16.1 Å². The van der Waals surface area contributed by atoms with Crippen LogP contribution in [0, 0.1) is 11.8 Å². The van der Waals surface area contributed by atoms with Crippen molar-refractivity contribution >= 4 is 34.8 Å².